The molecule has 0 aliphatic heterocycles. The van der Waals surface area contributed by atoms with Crippen molar-refractivity contribution < 1.29 is 10.2 Å². The fourth-order valence-corrected chi connectivity index (χ4v) is 2.48. The summed E-state index contributed by atoms with van der Waals surface area (Å²) in [6.07, 6.45) is 2.83. The molecule has 0 aromatic carbocycles. The highest BCUT2D eigenvalue weighted by atomic mass is 16.3. The van der Waals surface area contributed by atoms with Crippen LogP contribution in [0, 0.1) is 17.8 Å². The molecule has 1 fully saturated rings. The van der Waals surface area contributed by atoms with E-state index in [1.165, 1.54) is 0 Å². The van der Waals surface area contributed by atoms with Crippen molar-refractivity contribution in [3.8, 4) is 0 Å². The summed E-state index contributed by atoms with van der Waals surface area (Å²) < 4.78 is 0. The molecule has 0 saturated heterocycles. The molecule has 4 atom stereocenters. The van der Waals surface area contributed by atoms with Crippen molar-refractivity contribution in [2.75, 3.05) is 6.61 Å². The van der Waals surface area contributed by atoms with Gasteiger partial charge in [0.15, 0.2) is 0 Å². The minimum atomic E-state index is -1.08. The first-order chi connectivity index (χ1) is 5.94. The Morgan fingerprint density at radius 1 is 1.46 bits per heavy atom. The first kappa shape index (κ1) is 11.0. The number of hydrogen-bond acceptors (Lipinski definition) is 3. The summed E-state index contributed by atoms with van der Waals surface area (Å²) in [4.78, 5) is 0. The monoisotopic (exact) mass is 187 g/mol. The van der Waals surface area contributed by atoms with E-state index in [1.54, 1.807) is 6.92 Å². The lowest BCUT2D eigenvalue weighted by molar-refractivity contribution is 0.0250. The predicted octanol–water partition coefficient (Wildman–Crippen LogP) is 0.698. The molecule has 78 valence electrons. The van der Waals surface area contributed by atoms with Crippen LogP contribution in [0.25, 0.3) is 0 Å². The molecule has 0 aromatic rings. The highest BCUT2D eigenvalue weighted by Gasteiger charge is 2.35. The van der Waals surface area contributed by atoms with E-state index >= 15 is 0 Å². The molecule has 0 bridgehead atoms. The third kappa shape index (κ3) is 2.93. The van der Waals surface area contributed by atoms with Crippen molar-refractivity contribution in [3.05, 3.63) is 0 Å². The third-order valence-electron chi connectivity index (χ3n) is 3.22. The summed E-state index contributed by atoms with van der Waals surface area (Å²) in [6, 6.07) is 0. The van der Waals surface area contributed by atoms with Crippen molar-refractivity contribution in [3.63, 3.8) is 0 Å². The highest BCUT2D eigenvalue weighted by molar-refractivity contribution is 4.85. The summed E-state index contributed by atoms with van der Waals surface area (Å²) >= 11 is 0. The van der Waals surface area contributed by atoms with E-state index in [9.17, 15) is 10.2 Å². The van der Waals surface area contributed by atoms with E-state index in [0.717, 1.165) is 12.8 Å². The number of hydrogen-bond donors (Lipinski definition) is 3. The Hall–Kier alpha value is -0.120. The van der Waals surface area contributed by atoms with Crippen LogP contribution >= 0.6 is 0 Å². The molecular weight excluding hydrogens is 166 g/mol. The van der Waals surface area contributed by atoms with Crippen LogP contribution in [0.15, 0.2) is 0 Å². The lowest BCUT2D eigenvalue weighted by atomic mass is 9.86. The van der Waals surface area contributed by atoms with Crippen LogP contribution in [0.4, 0.5) is 0 Å². The Labute approximate surface area is 79.9 Å². The largest absolute Gasteiger partial charge is 0.396 e. The summed E-state index contributed by atoms with van der Waals surface area (Å²) in [5.74, 6) is 1.28. The van der Waals surface area contributed by atoms with Crippen LogP contribution in [-0.4, -0.2) is 22.5 Å². The van der Waals surface area contributed by atoms with Gasteiger partial charge in [0.05, 0.1) is 0 Å². The van der Waals surface area contributed by atoms with Crippen molar-refractivity contribution in [2.45, 2.75) is 38.8 Å². The van der Waals surface area contributed by atoms with E-state index in [2.05, 4.69) is 6.92 Å². The second-order valence-electron chi connectivity index (χ2n) is 4.72. The van der Waals surface area contributed by atoms with Gasteiger partial charge in [0.2, 0.25) is 0 Å². The van der Waals surface area contributed by atoms with Gasteiger partial charge in [-0.1, -0.05) is 13.3 Å². The molecule has 0 heterocycles. The zero-order valence-corrected chi connectivity index (χ0v) is 8.53. The van der Waals surface area contributed by atoms with E-state index < -0.39 is 5.72 Å². The standard InChI is InChI=1S/C10H21NO2/c1-7-3-4-8(9(7)6-12)5-10(2,11)13/h7-9,12-13H,3-6,11H2,1-2H3. The van der Waals surface area contributed by atoms with Gasteiger partial charge in [-0.3, -0.25) is 0 Å². The van der Waals surface area contributed by atoms with Crippen molar-refractivity contribution in [1.82, 2.24) is 0 Å². The minimum absolute atomic E-state index is 0.224. The summed E-state index contributed by atoms with van der Waals surface area (Å²) in [6.45, 7) is 4.01. The number of aliphatic hydroxyl groups excluding tert-OH is 1. The molecule has 4 unspecified atom stereocenters. The van der Waals surface area contributed by atoms with Gasteiger partial charge in [-0.25, -0.2) is 0 Å². The Morgan fingerprint density at radius 2 is 2.08 bits per heavy atom. The molecule has 1 rings (SSSR count). The van der Waals surface area contributed by atoms with Gasteiger partial charge in [-0.05, 0) is 37.5 Å². The number of nitrogens with two attached hydrogens (primary N) is 1. The number of rotatable bonds is 3. The van der Waals surface area contributed by atoms with Gasteiger partial charge >= 0.3 is 0 Å². The van der Waals surface area contributed by atoms with Crippen LogP contribution < -0.4 is 5.73 Å². The van der Waals surface area contributed by atoms with Gasteiger partial charge in [-0.2, -0.15) is 0 Å². The van der Waals surface area contributed by atoms with Gasteiger partial charge in [-0.15, -0.1) is 0 Å². The smallest absolute Gasteiger partial charge is 0.110 e. The first-order valence-electron chi connectivity index (χ1n) is 5.06. The Morgan fingerprint density at radius 3 is 2.54 bits per heavy atom. The lowest BCUT2D eigenvalue weighted by Gasteiger charge is -2.26. The summed E-state index contributed by atoms with van der Waals surface area (Å²) in [5, 5.41) is 18.7. The van der Waals surface area contributed by atoms with E-state index in [-0.39, 0.29) is 6.61 Å². The average Bonchev–Trinajstić information content (AvgIpc) is 2.28. The van der Waals surface area contributed by atoms with Crippen LogP contribution in [0.2, 0.25) is 0 Å². The lowest BCUT2D eigenvalue weighted by Crippen LogP contribution is -2.39. The second kappa shape index (κ2) is 3.95. The van der Waals surface area contributed by atoms with Crippen molar-refractivity contribution >= 4 is 0 Å². The molecule has 4 N–H and O–H groups in total. The van der Waals surface area contributed by atoms with E-state index in [4.69, 9.17) is 5.73 Å². The molecular formula is C10H21NO2. The van der Waals surface area contributed by atoms with Gasteiger partial charge in [0.1, 0.15) is 5.72 Å². The molecule has 0 aromatic heterocycles. The number of aliphatic hydroxyl groups is 2. The summed E-state index contributed by atoms with van der Waals surface area (Å²) in [7, 11) is 0. The topological polar surface area (TPSA) is 66.5 Å². The Kier molecular flexibility index (Phi) is 3.33. The molecule has 3 nitrogen and oxygen atoms in total. The molecule has 0 spiro atoms. The normalized spacial score (nSPS) is 39.0. The minimum Gasteiger partial charge on any atom is -0.396 e. The predicted molar refractivity (Wildman–Crippen MR) is 51.9 cm³/mol. The van der Waals surface area contributed by atoms with Gasteiger partial charge in [0, 0.05) is 6.61 Å². The van der Waals surface area contributed by atoms with Crippen molar-refractivity contribution in [1.29, 1.82) is 0 Å². The fraction of sp³-hybridized carbons (Fsp3) is 1.00. The molecule has 1 saturated carbocycles. The molecule has 0 radical (unpaired) electrons. The molecule has 0 amide bonds. The quantitative estimate of drug-likeness (QED) is 0.570. The van der Waals surface area contributed by atoms with Crippen LogP contribution in [0.3, 0.4) is 0 Å². The molecule has 3 heteroatoms. The maximum Gasteiger partial charge on any atom is 0.110 e. The van der Waals surface area contributed by atoms with E-state index in [1.807, 2.05) is 0 Å². The average molecular weight is 187 g/mol. The Balaban J connectivity index is 2.51. The molecule has 1 aliphatic rings. The van der Waals surface area contributed by atoms with Crippen LogP contribution in [-0.2, 0) is 0 Å². The zero-order valence-electron chi connectivity index (χ0n) is 8.53. The molecule has 13 heavy (non-hydrogen) atoms. The van der Waals surface area contributed by atoms with Crippen molar-refractivity contribution in [2.24, 2.45) is 23.5 Å². The van der Waals surface area contributed by atoms with E-state index in [0.29, 0.717) is 24.2 Å². The maximum atomic E-state index is 9.47. The summed E-state index contributed by atoms with van der Waals surface area (Å²) in [5.41, 5.74) is 4.47. The fourth-order valence-electron chi connectivity index (χ4n) is 2.48. The molecule has 1 aliphatic carbocycles. The zero-order chi connectivity index (χ0) is 10.1. The van der Waals surface area contributed by atoms with Crippen LogP contribution in [0.5, 0.6) is 0 Å². The third-order valence-corrected chi connectivity index (χ3v) is 3.22. The highest BCUT2D eigenvalue weighted by Crippen LogP contribution is 2.39. The SMILES string of the molecule is CC1CCC(CC(C)(N)O)C1CO. The first-order valence-corrected chi connectivity index (χ1v) is 5.06. The van der Waals surface area contributed by atoms with Gasteiger partial charge < -0.3 is 15.9 Å². The maximum absolute atomic E-state index is 9.47. The second-order valence-corrected chi connectivity index (χ2v) is 4.72. The van der Waals surface area contributed by atoms with Gasteiger partial charge in [0.25, 0.3) is 0 Å². The van der Waals surface area contributed by atoms with Crippen LogP contribution in [0.1, 0.15) is 33.1 Å². The Bertz CT molecular complexity index is 165.